The number of hydrogen-bond acceptors (Lipinski definition) is 4. The van der Waals surface area contributed by atoms with Crippen molar-refractivity contribution in [2.24, 2.45) is 5.92 Å². The zero-order chi connectivity index (χ0) is 27.0. The van der Waals surface area contributed by atoms with Crippen molar-refractivity contribution < 1.29 is 0 Å². The quantitative estimate of drug-likeness (QED) is 0.272. The van der Waals surface area contributed by atoms with Gasteiger partial charge >= 0.3 is 0 Å². The average molecular weight is 501 g/mol. The van der Waals surface area contributed by atoms with Crippen LogP contribution in [0, 0.1) is 17.8 Å². The first-order valence-corrected chi connectivity index (χ1v) is 13.9. The van der Waals surface area contributed by atoms with Crippen molar-refractivity contribution in [3.63, 3.8) is 0 Å². The van der Waals surface area contributed by atoms with Gasteiger partial charge in [-0.2, -0.15) is 0 Å². The molecule has 2 unspecified atom stereocenters. The van der Waals surface area contributed by atoms with Gasteiger partial charge in [-0.15, -0.1) is 0 Å². The van der Waals surface area contributed by atoms with E-state index in [0.29, 0.717) is 18.0 Å². The Balaban J connectivity index is 0.00000153. The second kappa shape index (κ2) is 16.7. The third kappa shape index (κ3) is 10.5. The highest BCUT2D eigenvalue weighted by Gasteiger charge is 2.17. The molecule has 0 bridgehead atoms. The van der Waals surface area contributed by atoms with Crippen LogP contribution < -0.4 is 21.3 Å². The molecule has 0 spiro atoms. The second-order valence-corrected chi connectivity index (χ2v) is 9.99. The number of rotatable bonds is 10. The summed E-state index contributed by atoms with van der Waals surface area (Å²) in [7, 11) is 2.00. The second-order valence-electron chi connectivity index (χ2n) is 9.99. The molecule has 0 aromatic heterocycles. The molecule has 3 rings (SSSR count). The average Bonchev–Trinajstić information content (AvgIpc) is 3.44. The molecule has 200 valence electrons. The highest BCUT2D eigenvalue weighted by Crippen LogP contribution is 2.18. The lowest BCUT2D eigenvalue weighted by Gasteiger charge is -2.25. The molecule has 0 amide bonds. The smallest absolute Gasteiger partial charge is 0.0467 e. The topological polar surface area (TPSA) is 48.1 Å². The largest absolute Gasteiger partial charge is 0.381 e. The minimum Gasteiger partial charge on any atom is -0.381 e. The lowest BCUT2D eigenvalue weighted by atomic mass is 10.0. The Kier molecular flexibility index (Phi) is 13.6. The van der Waals surface area contributed by atoms with Crippen LogP contribution in [-0.4, -0.2) is 32.2 Å². The number of allylic oxidation sites excluding steroid dienone is 1. The van der Waals surface area contributed by atoms with Crippen LogP contribution in [0.2, 0.25) is 0 Å². The summed E-state index contributed by atoms with van der Waals surface area (Å²) in [5, 5.41) is 13.9. The van der Waals surface area contributed by atoms with E-state index in [4.69, 9.17) is 0 Å². The van der Waals surface area contributed by atoms with Crippen LogP contribution >= 0.6 is 0 Å². The lowest BCUT2D eigenvalue weighted by molar-refractivity contribution is 0.432. The number of likely N-dealkylation sites (N-methyl/N-ethyl adjacent to an activating group) is 1. The van der Waals surface area contributed by atoms with Crippen LogP contribution in [0.25, 0.3) is 5.70 Å². The molecule has 2 atom stereocenters. The van der Waals surface area contributed by atoms with Gasteiger partial charge < -0.3 is 21.3 Å². The number of nitrogens with one attached hydrogen (secondary N) is 4. The van der Waals surface area contributed by atoms with Crippen LogP contribution in [0.3, 0.4) is 0 Å². The Morgan fingerprint density at radius 1 is 1.03 bits per heavy atom. The first-order chi connectivity index (χ1) is 17.9. The molecule has 4 nitrogen and oxygen atoms in total. The summed E-state index contributed by atoms with van der Waals surface area (Å²) in [5.41, 5.74) is 6.48. The Hall–Kier alpha value is -3.00. The van der Waals surface area contributed by atoms with Crippen molar-refractivity contribution in [3.05, 3.63) is 83.6 Å². The first-order valence-electron chi connectivity index (χ1n) is 13.9. The van der Waals surface area contributed by atoms with Crippen LogP contribution in [0.4, 0.5) is 5.69 Å². The summed E-state index contributed by atoms with van der Waals surface area (Å²) in [6, 6.07) is 17.5. The van der Waals surface area contributed by atoms with E-state index in [2.05, 4.69) is 129 Å². The van der Waals surface area contributed by atoms with Gasteiger partial charge in [0.25, 0.3) is 0 Å². The maximum Gasteiger partial charge on any atom is 0.0467 e. The van der Waals surface area contributed by atoms with E-state index in [9.17, 15) is 0 Å². The van der Waals surface area contributed by atoms with Gasteiger partial charge in [0, 0.05) is 46.8 Å². The summed E-state index contributed by atoms with van der Waals surface area (Å²) in [6.07, 6.45) is 6.86. The molecule has 37 heavy (non-hydrogen) atoms. The van der Waals surface area contributed by atoms with E-state index in [-0.39, 0.29) is 0 Å². The molecule has 4 N–H and O–H groups in total. The summed E-state index contributed by atoms with van der Waals surface area (Å²) >= 11 is 0. The van der Waals surface area contributed by atoms with Gasteiger partial charge in [-0.25, -0.2) is 0 Å². The molecule has 1 fully saturated rings. The summed E-state index contributed by atoms with van der Waals surface area (Å²) in [4.78, 5) is 0. The highest BCUT2D eigenvalue weighted by atomic mass is 15.0. The van der Waals surface area contributed by atoms with Crippen molar-refractivity contribution in [1.82, 2.24) is 16.0 Å². The zero-order valence-electron chi connectivity index (χ0n) is 23.9. The van der Waals surface area contributed by atoms with Gasteiger partial charge in [-0.05, 0) is 80.7 Å². The molecule has 0 radical (unpaired) electrons. The minimum atomic E-state index is 0.366. The van der Waals surface area contributed by atoms with Gasteiger partial charge in [-0.1, -0.05) is 77.7 Å². The van der Waals surface area contributed by atoms with E-state index in [1.165, 1.54) is 24.1 Å². The first kappa shape index (κ1) is 30.2. The standard InChI is InChI=1S/C30H40N4.C3H8/c1-6-8-29(34-30(21-31-5)22(2)3)26-16-12-24(13-17-26)10-11-25-14-18-27(19-15-25)33-23(4)28-9-7-20-32-28;1-3-2/h8,12-19,22,28,30-34H,4,6-7,9,20-21H2,1-3,5H3;3H2,1-2H3/b29-8+;. The van der Waals surface area contributed by atoms with Crippen molar-refractivity contribution in [2.45, 2.75) is 72.4 Å². The number of hydrogen-bond donors (Lipinski definition) is 4. The maximum absolute atomic E-state index is 4.18. The molecule has 4 heteroatoms. The molecular formula is C33H48N4. The van der Waals surface area contributed by atoms with E-state index in [1.807, 2.05) is 7.05 Å². The molecule has 1 aliphatic heterocycles. The Bertz CT molecular complexity index is 1020. The van der Waals surface area contributed by atoms with Gasteiger partial charge in [0.1, 0.15) is 0 Å². The van der Waals surface area contributed by atoms with Crippen molar-refractivity contribution in [3.8, 4) is 11.8 Å². The third-order valence-electron chi connectivity index (χ3n) is 6.20. The Morgan fingerprint density at radius 3 is 2.11 bits per heavy atom. The van der Waals surface area contributed by atoms with Crippen LogP contribution in [-0.2, 0) is 0 Å². The van der Waals surface area contributed by atoms with Gasteiger partial charge in [0.15, 0.2) is 0 Å². The van der Waals surface area contributed by atoms with Crippen molar-refractivity contribution in [2.75, 3.05) is 25.5 Å². The fourth-order valence-electron chi connectivity index (χ4n) is 4.11. The monoisotopic (exact) mass is 500 g/mol. The summed E-state index contributed by atoms with van der Waals surface area (Å²) < 4.78 is 0. The van der Waals surface area contributed by atoms with E-state index in [0.717, 1.165) is 48.4 Å². The molecule has 2 aromatic rings. The van der Waals surface area contributed by atoms with Gasteiger partial charge in [0.2, 0.25) is 0 Å². The summed E-state index contributed by atoms with van der Waals surface area (Å²) in [6.45, 7) is 17.1. The van der Waals surface area contributed by atoms with E-state index in [1.54, 1.807) is 0 Å². The van der Waals surface area contributed by atoms with Crippen LogP contribution in [0.5, 0.6) is 0 Å². The number of benzene rings is 2. The van der Waals surface area contributed by atoms with Crippen LogP contribution in [0.15, 0.2) is 66.9 Å². The highest BCUT2D eigenvalue weighted by molar-refractivity contribution is 5.65. The van der Waals surface area contributed by atoms with E-state index >= 15 is 0 Å². The molecule has 0 aliphatic carbocycles. The zero-order valence-corrected chi connectivity index (χ0v) is 23.9. The molecule has 2 aromatic carbocycles. The predicted molar refractivity (Wildman–Crippen MR) is 163 cm³/mol. The SMILES string of the molecule is C=C(Nc1ccc(C#Cc2ccc(/C(=C\CC)NC(CNC)C(C)C)cc2)cc1)C1CCCN1.CCC. The van der Waals surface area contributed by atoms with Crippen molar-refractivity contribution >= 4 is 11.4 Å². The van der Waals surface area contributed by atoms with Crippen molar-refractivity contribution in [1.29, 1.82) is 0 Å². The molecular weight excluding hydrogens is 452 g/mol. The fourth-order valence-corrected chi connectivity index (χ4v) is 4.11. The van der Waals surface area contributed by atoms with Crippen LogP contribution in [0.1, 0.15) is 77.0 Å². The molecule has 1 aliphatic rings. The predicted octanol–water partition coefficient (Wildman–Crippen LogP) is 6.76. The third-order valence-corrected chi connectivity index (χ3v) is 6.20. The lowest BCUT2D eigenvalue weighted by Crippen LogP contribution is -2.40. The minimum absolute atomic E-state index is 0.366. The van der Waals surface area contributed by atoms with Gasteiger partial charge in [-0.3, -0.25) is 0 Å². The van der Waals surface area contributed by atoms with E-state index < -0.39 is 0 Å². The fraction of sp³-hybridized carbons (Fsp3) is 0.455. The molecule has 1 heterocycles. The summed E-state index contributed by atoms with van der Waals surface area (Å²) in [5.74, 6) is 7.12. The maximum atomic E-state index is 4.18. The molecule has 0 saturated carbocycles. The Labute approximate surface area is 226 Å². The number of anilines is 1. The normalized spacial score (nSPS) is 15.8. The Morgan fingerprint density at radius 2 is 1.62 bits per heavy atom. The van der Waals surface area contributed by atoms with Gasteiger partial charge in [0.05, 0.1) is 0 Å². The molecule has 1 saturated heterocycles.